The Bertz CT molecular complexity index is 679. The summed E-state index contributed by atoms with van der Waals surface area (Å²) in [5.41, 5.74) is 1.71. The van der Waals surface area contributed by atoms with Gasteiger partial charge in [0.2, 0.25) is 0 Å². The minimum Gasteiger partial charge on any atom is -0.493 e. The highest BCUT2D eigenvalue weighted by molar-refractivity contribution is 6.31. The SMILES string of the molecule is COc1cc(CNC[C@@H](C)O)ccc1OCc1ccc(F)cc1Cl. The maximum Gasteiger partial charge on any atom is 0.161 e. The van der Waals surface area contributed by atoms with Crippen molar-refractivity contribution in [1.82, 2.24) is 5.32 Å². The number of methoxy groups -OCH3 is 1. The molecule has 2 aromatic rings. The van der Waals surface area contributed by atoms with Gasteiger partial charge in [-0.2, -0.15) is 0 Å². The van der Waals surface area contributed by atoms with Crippen molar-refractivity contribution in [3.8, 4) is 11.5 Å². The second-order valence-corrected chi connectivity index (χ2v) is 5.90. The molecule has 0 aliphatic rings. The molecule has 0 radical (unpaired) electrons. The van der Waals surface area contributed by atoms with E-state index in [0.717, 1.165) is 5.56 Å². The lowest BCUT2D eigenvalue weighted by Gasteiger charge is -2.13. The van der Waals surface area contributed by atoms with Gasteiger partial charge in [-0.25, -0.2) is 4.39 Å². The van der Waals surface area contributed by atoms with Crippen molar-refractivity contribution >= 4 is 11.6 Å². The maximum atomic E-state index is 13.1. The van der Waals surface area contributed by atoms with E-state index < -0.39 is 6.10 Å². The van der Waals surface area contributed by atoms with Crippen LogP contribution in [0.5, 0.6) is 11.5 Å². The van der Waals surface area contributed by atoms with Crippen molar-refractivity contribution in [2.24, 2.45) is 0 Å². The fourth-order valence-corrected chi connectivity index (χ4v) is 2.38. The standard InChI is InChI=1S/C18H21ClFNO3/c1-12(22)9-21-10-13-3-6-17(18(7-13)23-2)24-11-14-4-5-15(20)8-16(14)19/h3-8,12,21-22H,9-11H2,1-2H3/t12-/m1/s1. The highest BCUT2D eigenvalue weighted by Gasteiger charge is 2.08. The van der Waals surface area contributed by atoms with Crippen LogP contribution in [0, 0.1) is 5.82 Å². The minimum absolute atomic E-state index is 0.217. The molecular weight excluding hydrogens is 333 g/mol. The summed E-state index contributed by atoms with van der Waals surface area (Å²) in [5.74, 6) is 0.803. The van der Waals surface area contributed by atoms with Gasteiger partial charge in [0.15, 0.2) is 11.5 Å². The predicted octanol–water partition coefficient (Wildman–Crippen LogP) is 3.54. The summed E-state index contributed by atoms with van der Waals surface area (Å²) in [6.07, 6.45) is -0.394. The normalized spacial score (nSPS) is 12.0. The van der Waals surface area contributed by atoms with E-state index in [1.165, 1.54) is 12.1 Å². The second-order valence-electron chi connectivity index (χ2n) is 5.49. The Balaban J connectivity index is 2.01. The first-order chi connectivity index (χ1) is 11.5. The van der Waals surface area contributed by atoms with Gasteiger partial charge in [0, 0.05) is 18.7 Å². The Hall–Kier alpha value is -1.82. The molecule has 4 nitrogen and oxygen atoms in total. The number of nitrogens with one attached hydrogen (secondary N) is 1. The third kappa shape index (κ3) is 5.37. The summed E-state index contributed by atoms with van der Waals surface area (Å²) in [6.45, 7) is 3.08. The minimum atomic E-state index is -0.394. The molecule has 0 spiro atoms. The molecule has 2 aromatic carbocycles. The van der Waals surface area contributed by atoms with E-state index in [4.69, 9.17) is 21.1 Å². The molecule has 0 unspecified atom stereocenters. The number of aliphatic hydroxyl groups is 1. The molecule has 0 heterocycles. The zero-order valence-electron chi connectivity index (χ0n) is 13.7. The number of rotatable bonds is 8. The summed E-state index contributed by atoms with van der Waals surface area (Å²) >= 11 is 6.00. The fraction of sp³-hybridized carbons (Fsp3) is 0.333. The summed E-state index contributed by atoms with van der Waals surface area (Å²) in [4.78, 5) is 0. The number of ether oxygens (including phenoxy) is 2. The van der Waals surface area contributed by atoms with E-state index in [1.54, 1.807) is 20.1 Å². The smallest absolute Gasteiger partial charge is 0.161 e. The van der Waals surface area contributed by atoms with Gasteiger partial charge in [0.05, 0.1) is 18.2 Å². The van der Waals surface area contributed by atoms with Crippen LogP contribution >= 0.6 is 11.6 Å². The summed E-state index contributed by atoms with van der Waals surface area (Å²) in [6, 6.07) is 9.80. The van der Waals surface area contributed by atoms with Crippen LogP contribution in [0.1, 0.15) is 18.1 Å². The number of hydrogen-bond acceptors (Lipinski definition) is 4. The molecule has 0 saturated carbocycles. The van der Waals surface area contributed by atoms with E-state index >= 15 is 0 Å². The van der Waals surface area contributed by atoms with Crippen LogP contribution in [0.2, 0.25) is 5.02 Å². The quantitative estimate of drug-likeness (QED) is 0.762. The third-order valence-corrected chi connectivity index (χ3v) is 3.75. The molecule has 0 aromatic heterocycles. The Kier molecular flexibility index (Phi) is 6.85. The lowest BCUT2D eigenvalue weighted by atomic mass is 10.2. The van der Waals surface area contributed by atoms with Gasteiger partial charge >= 0.3 is 0 Å². The van der Waals surface area contributed by atoms with Gasteiger partial charge in [-0.05, 0) is 36.8 Å². The highest BCUT2D eigenvalue weighted by Crippen LogP contribution is 2.29. The van der Waals surface area contributed by atoms with Crippen molar-refractivity contribution in [1.29, 1.82) is 0 Å². The topological polar surface area (TPSA) is 50.7 Å². The van der Waals surface area contributed by atoms with Gasteiger partial charge in [0.1, 0.15) is 12.4 Å². The van der Waals surface area contributed by atoms with Crippen LogP contribution in [0.3, 0.4) is 0 Å². The van der Waals surface area contributed by atoms with Gasteiger partial charge in [-0.3, -0.25) is 0 Å². The molecule has 0 amide bonds. The molecule has 0 aliphatic carbocycles. The third-order valence-electron chi connectivity index (χ3n) is 3.40. The maximum absolute atomic E-state index is 13.1. The van der Waals surface area contributed by atoms with Gasteiger partial charge in [0.25, 0.3) is 0 Å². The lowest BCUT2D eigenvalue weighted by Crippen LogP contribution is -2.23. The van der Waals surface area contributed by atoms with Gasteiger partial charge in [-0.1, -0.05) is 23.7 Å². The summed E-state index contributed by atoms with van der Waals surface area (Å²) < 4.78 is 24.2. The molecule has 0 fully saturated rings. The Morgan fingerprint density at radius 3 is 2.67 bits per heavy atom. The average Bonchev–Trinajstić information content (AvgIpc) is 2.54. The fourth-order valence-electron chi connectivity index (χ4n) is 2.16. The summed E-state index contributed by atoms with van der Waals surface area (Å²) in [5, 5.41) is 12.7. The number of hydrogen-bond donors (Lipinski definition) is 2. The Labute approximate surface area is 146 Å². The number of benzene rings is 2. The Morgan fingerprint density at radius 1 is 1.21 bits per heavy atom. The molecule has 0 bridgehead atoms. The van der Waals surface area contributed by atoms with Gasteiger partial charge < -0.3 is 19.9 Å². The molecule has 2 N–H and O–H groups in total. The van der Waals surface area contributed by atoms with Crippen LogP contribution in [-0.4, -0.2) is 24.9 Å². The van der Waals surface area contributed by atoms with Crippen molar-refractivity contribution in [2.75, 3.05) is 13.7 Å². The van der Waals surface area contributed by atoms with Crippen molar-refractivity contribution < 1.29 is 19.0 Å². The lowest BCUT2D eigenvalue weighted by molar-refractivity contribution is 0.191. The zero-order valence-corrected chi connectivity index (χ0v) is 14.4. The van der Waals surface area contributed by atoms with Crippen LogP contribution in [0.25, 0.3) is 0 Å². The zero-order chi connectivity index (χ0) is 17.5. The van der Waals surface area contributed by atoms with E-state index in [9.17, 15) is 9.50 Å². The first kappa shape index (κ1) is 18.5. The Morgan fingerprint density at radius 2 is 2.00 bits per heavy atom. The molecule has 0 aliphatic heterocycles. The van der Waals surface area contributed by atoms with Crippen LogP contribution in [0.4, 0.5) is 4.39 Å². The van der Waals surface area contributed by atoms with Crippen molar-refractivity contribution in [3.05, 3.63) is 58.4 Å². The predicted molar refractivity (Wildman–Crippen MR) is 92.1 cm³/mol. The largest absolute Gasteiger partial charge is 0.493 e. The number of aliphatic hydroxyl groups excluding tert-OH is 1. The second kappa shape index (κ2) is 8.87. The number of halogens is 2. The van der Waals surface area contributed by atoms with Crippen molar-refractivity contribution in [2.45, 2.75) is 26.2 Å². The van der Waals surface area contributed by atoms with E-state index in [-0.39, 0.29) is 12.4 Å². The summed E-state index contributed by atoms with van der Waals surface area (Å²) in [7, 11) is 1.57. The molecule has 0 saturated heterocycles. The average molecular weight is 354 g/mol. The molecular formula is C18H21ClFNO3. The molecule has 24 heavy (non-hydrogen) atoms. The molecule has 130 valence electrons. The van der Waals surface area contributed by atoms with Crippen LogP contribution < -0.4 is 14.8 Å². The van der Waals surface area contributed by atoms with Crippen LogP contribution in [0.15, 0.2) is 36.4 Å². The first-order valence-electron chi connectivity index (χ1n) is 7.62. The van der Waals surface area contributed by atoms with Crippen LogP contribution in [-0.2, 0) is 13.2 Å². The molecule has 6 heteroatoms. The highest BCUT2D eigenvalue weighted by atomic mass is 35.5. The van der Waals surface area contributed by atoms with E-state index in [1.807, 2.05) is 18.2 Å². The van der Waals surface area contributed by atoms with Gasteiger partial charge in [-0.15, -0.1) is 0 Å². The molecule has 1 atom stereocenters. The monoisotopic (exact) mass is 353 g/mol. The van der Waals surface area contributed by atoms with Crippen molar-refractivity contribution in [3.63, 3.8) is 0 Å². The first-order valence-corrected chi connectivity index (χ1v) is 8.00. The molecule has 2 rings (SSSR count). The van der Waals surface area contributed by atoms with E-state index in [0.29, 0.717) is 35.2 Å². The van der Waals surface area contributed by atoms with E-state index in [2.05, 4.69) is 5.32 Å².